The number of carbonyl (C=O) groups excluding carboxylic acids is 1. The van der Waals surface area contributed by atoms with Crippen molar-refractivity contribution in [2.45, 2.75) is 32.9 Å². The van der Waals surface area contributed by atoms with Crippen molar-refractivity contribution in [3.8, 4) is 17.1 Å². The number of hydrogen-bond acceptors (Lipinski definition) is 6. The molecule has 0 aromatic carbocycles. The molecule has 0 aliphatic heterocycles. The Labute approximate surface area is 128 Å². The summed E-state index contributed by atoms with van der Waals surface area (Å²) in [7, 11) is 1.71. The molecule has 0 fully saturated rings. The van der Waals surface area contributed by atoms with Crippen LogP contribution in [0.4, 0.5) is 4.79 Å². The molecule has 0 saturated carbocycles. The van der Waals surface area contributed by atoms with Crippen LogP contribution in [0.25, 0.3) is 11.4 Å². The number of rotatable bonds is 3. The van der Waals surface area contributed by atoms with E-state index in [-0.39, 0.29) is 17.9 Å². The fourth-order valence-corrected chi connectivity index (χ4v) is 1.74. The first-order valence-electron chi connectivity index (χ1n) is 6.75. The maximum absolute atomic E-state index is 11.7. The highest BCUT2D eigenvalue weighted by Gasteiger charge is 2.18. The first kappa shape index (κ1) is 15.7. The van der Waals surface area contributed by atoms with Crippen LogP contribution in [0.1, 0.15) is 26.5 Å². The molecule has 0 aliphatic carbocycles. The van der Waals surface area contributed by atoms with E-state index in [0.717, 1.165) is 0 Å². The molecule has 8 heteroatoms. The Kier molecular flexibility index (Phi) is 4.30. The highest BCUT2D eigenvalue weighted by atomic mass is 16.5. The van der Waals surface area contributed by atoms with E-state index >= 15 is 0 Å². The number of hydrogen-bond donors (Lipinski definition) is 2. The van der Waals surface area contributed by atoms with Gasteiger partial charge < -0.3 is 15.2 Å². The predicted molar refractivity (Wildman–Crippen MR) is 79.0 cm³/mol. The third kappa shape index (κ3) is 3.94. The van der Waals surface area contributed by atoms with E-state index in [1.165, 1.54) is 16.9 Å². The molecule has 0 bridgehead atoms. The number of aromatic hydroxyl groups is 1. The molecular weight excluding hydrogens is 286 g/mol. The van der Waals surface area contributed by atoms with Crippen LogP contribution in [-0.2, 0) is 18.4 Å². The minimum absolute atomic E-state index is 0.0172. The van der Waals surface area contributed by atoms with Gasteiger partial charge in [-0.05, 0) is 32.9 Å². The quantitative estimate of drug-likeness (QED) is 0.893. The first-order valence-corrected chi connectivity index (χ1v) is 6.75. The van der Waals surface area contributed by atoms with Crippen molar-refractivity contribution in [1.82, 2.24) is 25.3 Å². The molecule has 2 heterocycles. The molecule has 22 heavy (non-hydrogen) atoms. The summed E-state index contributed by atoms with van der Waals surface area (Å²) in [6, 6.07) is 3.13. The van der Waals surface area contributed by atoms with Gasteiger partial charge in [0.2, 0.25) is 0 Å². The number of amides is 1. The molecular formula is C14H19N5O3. The maximum atomic E-state index is 11.7. The SMILES string of the molecule is Cn1nnc(-c2ccc(O)cn2)c1COC(=O)NC(C)(C)C. The topological polar surface area (TPSA) is 102 Å². The van der Waals surface area contributed by atoms with Gasteiger partial charge in [0.15, 0.2) is 0 Å². The average molecular weight is 305 g/mol. The zero-order valence-electron chi connectivity index (χ0n) is 13.0. The fraction of sp³-hybridized carbons (Fsp3) is 0.429. The van der Waals surface area contributed by atoms with Crippen molar-refractivity contribution in [2.24, 2.45) is 7.05 Å². The summed E-state index contributed by atoms with van der Waals surface area (Å²) in [5.74, 6) is 0.0648. The Morgan fingerprint density at radius 1 is 1.41 bits per heavy atom. The van der Waals surface area contributed by atoms with Crippen molar-refractivity contribution < 1.29 is 14.6 Å². The first-order chi connectivity index (χ1) is 10.3. The Bertz CT molecular complexity index is 658. The van der Waals surface area contributed by atoms with Crippen molar-refractivity contribution in [1.29, 1.82) is 0 Å². The second-order valence-corrected chi connectivity index (χ2v) is 5.86. The summed E-state index contributed by atoms with van der Waals surface area (Å²) < 4.78 is 6.72. The minimum Gasteiger partial charge on any atom is -0.506 e. The van der Waals surface area contributed by atoms with Crippen LogP contribution in [-0.4, -0.2) is 36.7 Å². The molecule has 1 amide bonds. The lowest BCUT2D eigenvalue weighted by Gasteiger charge is -2.19. The number of nitrogens with zero attached hydrogens (tertiary/aromatic N) is 4. The lowest BCUT2D eigenvalue weighted by Crippen LogP contribution is -2.40. The van der Waals surface area contributed by atoms with E-state index < -0.39 is 6.09 Å². The number of ether oxygens (including phenoxy) is 1. The summed E-state index contributed by atoms with van der Waals surface area (Å²) in [4.78, 5) is 15.8. The second-order valence-electron chi connectivity index (χ2n) is 5.86. The molecule has 2 N–H and O–H groups in total. The van der Waals surface area contributed by atoms with Crippen LogP contribution in [0.3, 0.4) is 0 Å². The fourth-order valence-electron chi connectivity index (χ4n) is 1.74. The van der Waals surface area contributed by atoms with Gasteiger partial charge in [-0.1, -0.05) is 5.21 Å². The number of pyridine rings is 1. The molecule has 0 unspecified atom stereocenters. The van der Waals surface area contributed by atoms with Crippen LogP contribution in [0.15, 0.2) is 18.3 Å². The smallest absolute Gasteiger partial charge is 0.407 e. The van der Waals surface area contributed by atoms with Crippen LogP contribution < -0.4 is 5.32 Å². The van der Waals surface area contributed by atoms with Gasteiger partial charge in [-0.3, -0.25) is 4.98 Å². The minimum atomic E-state index is -0.515. The zero-order valence-corrected chi connectivity index (χ0v) is 13.0. The summed E-state index contributed by atoms with van der Waals surface area (Å²) in [5.41, 5.74) is 1.29. The van der Waals surface area contributed by atoms with Gasteiger partial charge in [0, 0.05) is 12.6 Å². The Hall–Kier alpha value is -2.64. The van der Waals surface area contributed by atoms with Crippen LogP contribution in [0, 0.1) is 0 Å². The zero-order chi connectivity index (χ0) is 16.3. The lowest BCUT2D eigenvalue weighted by molar-refractivity contribution is 0.129. The van der Waals surface area contributed by atoms with Gasteiger partial charge in [-0.2, -0.15) is 0 Å². The number of aromatic nitrogens is 4. The van der Waals surface area contributed by atoms with Crippen LogP contribution in [0.5, 0.6) is 5.75 Å². The van der Waals surface area contributed by atoms with E-state index in [1.54, 1.807) is 13.1 Å². The molecule has 8 nitrogen and oxygen atoms in total. The van der Waals surface area contributed by atoms with Crippen molar-refractivity contribution >= 4 is 6.09 Å². The third-order valence-electron chi connectivity index (χ3n) is 2.75. The third-order valence-corrected chi connectivity index (χ3v) is 2.75. The lowest BCUT2D eigenvalue weighted by atomic mass is 10.1. The van der Waals surface area contributed by atoms with Gasteiger partial charge in [0.25, 0.3) is 0 Å². The van der Waals surface area contributed by atoms with E-state index in [2.05, 4.69) is 20.6 Å². The molecule has 0 spiro atoms. The van der Waals surface area contributed by atoms with Gasteiger partial charge in [0.05, 0.1) is 11.9 Å². The summed E-state index contributed by atoms with van der Waals surface area (Å²) in [5, 5.41) is 19.9. The standard InChI is InChI=1S/C14H19N5O3/c1-14(2,3)16-13(21)22-8-11-12(17-18-19(11)4)10-6-5-9(20)7-15-10/h5-7,20H,8H2,1-4H3,(H,16,21). The largest absolute Gasteiger partial charge is 0.506 e. The second kappa shape index (κ2) is 6.00. The maximum Gasteiger partial charge on any atom is 0.407 e. The normalized spacial score (nSPS) is 11.3. The summed E-state index contributed by atoms with van der Waals surface area (Å²) in [6.07, 6.45) is 0.805. The van der Waals surface area contributed by atoms with Crippen molar-refractivity contribution in [2.75, 3.05) is 0 Å². The number of nitrogens with one attached hydrogen (secondary N) is 1. The molecule has 0 radical (unpaired) electrons. The van der Waals surface area contributed by atoms with Gasteiger partial charge in [-0.15, -0.1) is 5.10 Å². The molecule has 2 rings (SSSR count). The number of alkyl carbamates (subject to hydrolysis) is 1. The van der Waals surface area contributed by atoms with E-state index in [0.29, 0.717) is 17.1 Å². The molecule has 0 atom stereocenters. The van der Waals surface area contributed by atoms with Crippen molar-refractivity contribution in [3.05, 3.63) is 24.0 Å². The van der Waals surface area contributed by atoms with E-state index in [9.17, 15) is 9.90 Å². The number of carbonyl (C=O) groups is 1. The van der Waals surface area contributed by atoms with Gasteiger partial charge >= 0.3 is 6.09 Å². The Morgan fingerprint density at radius 3 is 2.73 bits per heavy atom. The molecule has 118 valence electrons. The molecule has 0 aliphatic rings. The van der Waals surface area contributed by atoms with Crippen LogP contribution in [0.2, 0.25) is 0 Å². The summed E-state index contributed by atoms with van der Waals surface area (Å²) >= 11 is 0. The van der Waals surface area contributed by atoms with Crippen LogP contribution >= 0.6 is 0 Å². The monoisotopic (exact) mass is 305 g/mol. The molecule has 2 aromatic heterocycles. The average Bonchev–Trinajstić information content (AvgIpc) is 2.77. The van der Waals surface area contributed by atoms with Gasteiger partial charge in [0.1, 0.15) is 23.7 Å². The number of aryl methyl sites for hydroxylation is 1. The van der Waals surface area contributed by atoms with E-state index in [4.69, 9.17) is 4.74 Å². The predicted octanol–water partition coefficient (Wildman–Crippen LogP) is 1.61. The molecule has 2 aromatic rings. The molecule has 0 saturated heterocycles. The van der Waals surface area contributed by atoms with Gasteiger partial charge in [-0.25, -0.2) is 9.48 Å². The Balaban J connectivity index is 2.13. The van der Waals surface area contributed by atoms with Crippen molar-refractivity contribution in [3.63, 3.8) is 0 Å². The summed E-state index contributed by atoms with van der Waals surface area (Å²) in [6.45, 7) is 5.62. The van der Waals surface area contributed by atoms with E-state index in [1.807, 2.05) is 20.8 Å². The highest BCUT2D eigenvalue weighted by Crippen LogP contribution is 2.21. The highest BCUT2D eigenvalue weighted by molar-refractivity contribution is 5.68. The Morgan fingerprint density at radius 2 is 2.14 bits per heavy atom.